The molecule has 0 fully saturated rings. The van der Waals surface area contributed by atoms with Crippen LogP contribution in [-0.4, -0.2) is 5.78 Å². The third-order valence-electron chi connectivity index (χ3n) is 3.94. The van der Waals surface area contributed by atoms with Gasteiger partial charge in [0.2, 0.25) is 0 Å². The fraction of sp³-hybridized carbons (Fsp3) is 0.800. The van der Waals surface area contributed by atoms with Crippen molar-refractivity contribution >= 4 is 5.78 Å². The molecule has 0 aromatic heterocycles. The van der Waals surface area contributed by atoms with Gasteiger partial charge >= 0.3 is 0 Å². The van der Waals surface area contributed by atoms with Gasteiger partial charge in [-0.3, -0.25) is 4.79 Å². The lowest BCUT2D eigenvalue weighted by atomic mass is 9.82. The summed E-state index contributed by atoms with van der Waals surface area (Å²) in [5.41, 5.74) is 1.86. The quantitative estimate of drug-likeness (QED) is 0.646. The molecule has 0 amide bonds. The van der Waals surface area contributed by atoms with E-state index in [1.54, 1.807) is 0 Å². The van der Waals surface area contributed by atoms with Gasteiger partial charge in [0.1, 0.15) is 0 Å². The predicted octanol–water partition coefficient (Wildman–Crippen LogP) is 4.52. The molecule has 92 valence electrons. The number of ketones is 1. The third kappa shape index (κ3) is 4.51. The molecule has 0 aromatic rings. The fourth-order valence-electron chi connectivity index (χ4n) is 2.18. The van der Waals surface area contributed by atoms with Gasteiger partial charge in [-0.25, -0.2) is 0 Å². The molecule has 0 heterocycles. The maximum atomic E-state index is 11.1. The summed E-state index contributed by atoms with van der Waals surface area (Å²) in [6.45, 7) is 9.27. The molecule has 0 saturated heterocycles. The molecule has 0 radical (unpaired) electrons. The van der Waals surface area contributed by atoms with Crippen molar-refractivity contribution in [3.05, 3.63) is 11.6 Å². The molecule has 0 N–H and O–H groups in total. The lowest BCUT2D eigenvalue weighted by molar-refractivity contribution is -0.114. The Morgan fingerprint density at radius 3 is 2.56 bits per heavy atom. The molecule has 16 heavy (non-hydrogen) atoms. The highest BCUT2D eigenvalue weighted by Gasteiger charge is 2.18. The molecule has 0 bridgehead atoms. The highest BCUT2D eigenvalue weighted by Crippen LogP contribution is 2.31. The monoisotopic (exact) mass is 222 g/mol. The van der Waals surface area contributed by atoms with Crippen LogP contribution >= 0.6 is 0 Å². The average molecular weight is 222 g/mol. The lowest BCUT2D eigenvalue weighted by Gasteiger charge is -2.24. The van der Waals surface area contributed by atoms with Crippen LogP contribution in [0.1, 0.15) is 66.2 Å². The highest BCUT2D eigenvalue weighted by atomic mass is 16.1. The summed E-state index contributed by atoms with van der Waals surface area (Å²) in [6, 6.07) is 0. The minimum Gasteiger partial charge on any atom is -0.295 e. The van der Waals surface area contributed by atoms with E-state index >= 15 is 0 Å². The van der Waals surface area contributed by atoms with Crippen molar-refractivity contribution < 1.29 is 4.79 Å². The van der Waals surface area contributed by atoms with Crippen LogP contribution in [0.3, 0.4) is 0 Å². The Bertz CT molecular complexity index is 273. The fourth-order valence-corrected chi connectivity index (χ4v) is 2.18. The van der Waals surface area contributed by atoms with Gasteiger partial charge in [-0.1, -0.05) is 39.7 Å². The lowest BCUT2D eigenvalue weighted by Crippen LogP contribution is -2.11. The van der Waals surface area contributed by atoms with Gasteiger partial charge in [0.15, 0.2) is 5.78 Å². The van der Waals surface area contributed by atoms with Gasteiger partial charge in [0, 0.05) is 6.42 Å². The second-order valence-corrected chi connectivity index (χ2v) is 6.13. The Balaban J connectivity index is 2.28. The first kappa shape index (κ1) is 13.5. The average Bonchev–Trinajstić information content (AvgIpc) is 2.61. The molecule has 1 atom stereocenters. The van der Waals surface area contributed by atoms with Crippen LogP contribution < -0.4 is 0 Å². The Hall–Kier alpha value is -0.590. The van der Waals surface area contributed by atoms with Crippen LogP contribution in [0.5, 0.6) is 0 Å². The number of hydrogen-bond donors (Lipinski definition) is 0. The van der Waals surface area contributed by atoms with Crippen LogP contribution in [-0.2, 0) is 4.79 Å². The highest BCUT2D eigenvalue weighted by molar-refractivity contribution is 5.92. The molecule has 0 saturated carbocycles. The maximum absolute atomic E-state index is 11.1. The van der Waals surface area contributed by atoms with Crippen molar-refractivity contribution in [1.29, 1.82) is 0 Å². The van der Waals surface area contributed by atoms with E-state index in [0.717, 1.165) is 25.2 Å². The van der Waals surface area contributed by atoms with E-state index in [1.165, 1.54) is 24.8 Å². The van der Waals surface area contributed by atoms with E-state index in [9.17, 15) is 4.79 Å². The van der Waals surface area contributed by atoms with Gasteiger partial charge in [-0.05, 0) is 43.1 Å². The van der Waals surface area contributed by atoms with Crippen molar-refractivity contribution in [3.8, 4) is 0 Å². The van der Waals surface area contributed by atoms with E-state index in [2.05, 4.69) is 27.7 Å². The number of allylic oxidation sites excluding steroid dienone is 2. The summed E-state index contributed by atoms with van der Waals surface area (Å²) in [5, 5.41) is 0. The van der Waals surface area contributed by atoms with Crippen LogP contribution in [0.2, 0.25) is 0 Å². The zero-order valence-corrected chi connectivity index (χ0v) is 11.3. The van der Waals surface area contributed by atoms with Crippen LogP contribution in [0, 0.1) is 11.3 Å². The minimum absolute atomic E-state index is 0.330. The number of hydrogen-bond acceptors (Lipinski definition) is 1. The van der Waals surface area contributed by atoms with Crippen molar-refractivity contribution in [1.82, 2.24) is 0 Å². The van der Waals surface area contributed by atoms with Crippen LogP contribution in [0.4, 0.5) is 0 Å². The van der Waals surface area contributed by atoms with Crippen molar-refractivity contribution in [2.75, 3.05) is 0 Å². The van der Waals surface area contributed by atoms with Crippen molar-refractivity contribution in [2.24, 2.45) is 11.3 Å². The van der Waals surface area contributed by atoms with Crippen LogP contribution in [0.15, 0.2) is 11.6 Å². The summed E-state index contributed by atoms with van der Waals surface area (Å²) >= 11 is 0. The molecule has 1 nitrogen and oxygen atoms in total. The van der Waals surface area contributed by atoms with E-state index in [4.69, 9.17) is 0 Å². The first-order valence-corrected chi connectivity index (χ1v) is 6.65. The first-order valence-electron chi connectivity index (χ1n) is 6.65. The Morgan fingerprint density at radius 1 is 1.38 bits per heavy atom. The molecule has 0 aliphatic heterocycles. The van der Waals surface area contributed by atoms with Gasteiger partial charge in [0.25, 0.3) is 0 Å². The second kappa shape index (κ2) is 5.65. The second-order valence-electron chi connectivity index (χ2n) is 6.13. The normalized spacial score (nSPS) is 18.8. The molecular formula is C15H26O. The number of carbonyl (C=O) groups is 1. The van der Waals surface area contributed by atoms with E-state index in [0.29, 0.717) is 11.2 Å². The molecule has 1 unspecified atom stereocenters. The topological polar surface area (TPSA) is 17.1 Å². The van der Waals surface area contributed by atoms with Gasteiger partial charge in [-0.2, -0.15) is 0 Å². The maximum Gasteiger partial charge on any atom is 0.155 e. The molecule has 1 heteroatoms. The third-order valence-corrected chi connectivity index (χ3v) is 3.94. The molecule has 1 aliphatic rings. The summed E-state index contributed by atoms with van der Waals surface area (Å²) in [4.78, 5) is 11.1. The van der Waals surface area contributed by atoms with Crippen molar-refractivity contribution in [2.45, 2.75) is 66.2 Å². The molecular weight excluding hydrogens is 196 g/mol. The Kier molecular flexibility index (Phi) is 4.76. The first-order chi connectivity index (χ1) is 7.43. The molecule has 0 aromatic carbocycles. The van der Waals surface area contributed by atoms with Gasteiger partial charge < -0.3 is 0 Å². The molecule has 1 rings (SSSR count). The van der Waals surface area contributed by atoms with Crippen molar-refractivity contribution in [3.63, 3.8) is 0 Å². The van der Waals surface area contributed by atoms with E-state index in [1.807, 2.05) is 6.08 Å². The Labute approximate surface area is 100 Å². The summed E-state index contributed by atoms with van der Waals surface area (Å²) in [5.74, 6) is 1.05. The zero-order valence-electron chi connectivity index (χ0n) is 11.3. The predicted molar refractivity (Wildman–Crippen MR) is 69.4 cm³/mol. The van der Waals surface area contributed by atoms with Gasteiger partial charge in [0.05, 0.1) is 0 Å². The van der Waals surface area contributed by atoms with E-state index in [-0.39, 0.29) is 0 Å². The molecule has 1 aliphatic carbocycles. The number of rotatable bonds is 6. The minimum atomic E-state index is 0.330. The number of carbonyl (C=O) groups excluding carboxylic acids is 1. The summed E-state index contributed by atoms with van der Waals surface area (Å²) < 4.78 is 0. The zero-order chi connectivity index (χ0) is 12.2. The van der Waals surface area contributed by atoms with E-state index < -0.39 is 0 Å². The summed E-state index contributed by atoms with van der Waals surface area (Å²) in [6.07, 6.45) is 8.61. The smallest absolute Gasteiger partial charge is 0.155 e. The largest absolute Gasteiger partial charge is 0.295 e. The molecule has 0 spiro atoms. The standard InChI is InChI=1S/C15H26O/c1-5-15(3,4)9-8-12(2)10-13-6-7-14(16)11-13/h11-12H,5-10H2,1-4H3. The van der Waals surface area contributed by atoms with Crippen LogP contribution in [0.25, 0.3) is 0 Å². The SMILES string of the molecule is CCC(C)(C)CCC(C)CC1=CC(=O)CC1. The Morgan fingerprint density at radius 2 is 2.06 bits per heavy atom. The summed E-state index contributed by atoms with van der Waals surface area (Å²) in [7, 11) is 0. The van der Waals surface area contributed by atoms with Gasteiger partial charge in [-0.15, -0.1) is 0 Å².